The molecule has 0 aliphatic carbocycles. The first kappa shape index (κ1) is 27.8. The summed E-state index contributed by atoms with van der Waals surface area (Å²) in [5, 5.41) is 25.3. The molecule has 2 N–H and O–H groups in total. The number of ether oxygens (including phenoxy) is 3. The monoisotopic (exact) mass is 544 g/mol. The van der Waals surface area contributed by atoms with Gasteiger partial charge in [0.05, 0.1) is 19.8 Å². The third-order valence-corrected chi connectivity index (χ3v) is 8.78. The highest BCUT2D eigenvalue weighted by Crippen LogP contribution is 2.47. The summed E-state index contributed by atoms with van der Waals surface area (Å²) in [4.78, 5) is -0.0742. The van der Waals surface area contributed by atoms with Crippen LogP contribution in [0.2, 0.25) is 0 Å². The van der Waals surface area contributed by atoms with Crippen LogP contribution >= 0.6 is 11.8 Å². The Morgan fingerprint density at radius 3 is 2.18 bits per heavy atom. The van der Waals surface area contributed by atoms with Crippen LogP contribution < -0.4 is 0 Å². The summed E-state index contributed by atoms with van der Waals surface area (Å²) in [6.45, 7) is 4.97. The maximum Gasteiger partial charge on any atom is 0.146 e. The summed E-state index contributed by atoms with van der Waals surface area (Å²) in [6.07, 6.45) is -3.18. The normalized spacial score (nSPS) is 25.1. The van der Waals surface area contributed by atoms with Gasteiger partial charge in [0.25, 0.3) is 0 Å². The Morgan fingerprint density at radius 2 is 1.49 bits per heavy atom. The number of fused-ring (bicyclic) bond motifs is 1. The van der Waals surface area contributed by atoms with E-state index in [1.165, 1.54) is 11.8 Å². The smallest absolute Gasteiger partial charge is 0.146 e. The van der Waals surface area contributed by atoms with E-state index in [1.54, 1.807) is 0 Å². The molecule has 204 valence electrons. The van der Waals surface area contributed by atoms with E-state index in [0.717, 1.165) is 32.4 Å². The first-order valence-corrected chi connectivity index (χ1v) is 14.3. The van der Waals surface area contributed by atoms with Crippen LogP contribution in [0.15, 0.2) is 102 Å². The van der Waals surface area contributed by atoms with Crippen LogP contribution in [0.1, 0.15) is 30.0 Å². The van der Waals surface area contributed by atoms with Gasteiger partial charge in [-0.3, -0.25) is 0 Å². The fourth-order valence-electron chi connectivity index (χ4n) is 5.16. The van der Waals surface area contributed by atoms with Crippen LogP contribution in [0.3, 0.4) is 0 Å². The number of aliphatic hydroxyl groups excluding tert-OH is 2. The molecular weight excluding hydrogens is 508 g/mol. The summed E-state index contributed by atoms with van der Waals surface area (Å²) < 4.78 is 19.1. The molecule has 0 amide bonds. The molecule has 0 spiro atoms. The zero-order valence-corrected chi connectivity index (χ0v) is 23.2. The van der Waals surface area contributed by atoms with Gasteiger partial charge < -0.3 is 24.4 Å². The summed E-state index contributed by atoms with van der Waals surface area (Å²) in [5.74, 6) is 0. The molecule has 0 radical (unpaired) electrons. The Morgan fingerprint density at radius 1 is 0.846 bits per heavy atom. The van der Waals surface area contributed by atoms with Crippen LogP contribution in [0.4, 0.5) is 0 Å². The van der Waals surface area contributed by atoms with Gasteiger partial charge in [-0.15, -0.1) is 0 Å². The van der Waals surface area contributed by atoms with Gasteiger partial charge in [-0.1, -0.05) is 110 Å². The van der Waals surface area contributed by atoms with Crippen molar-refractivity contribution < 1.29 is 24.4 Å². The van der Waals surface area contributed by atoms with Crippen molar-refractivity contribution in [2.45, 2.75) is 67.7 Å². The molecule has 5 nitrogen and oxygen atoms in total. The largest absolute Gasteiger partial charge is 0.387 e. The Balaban J connectivity index is 1.42. The van der Waals surface area contributed by atoms with Crippen LogP contribution in [-0.4, -0.2) is 46.2 Å². The molecule has 1 aliphatic rings. The number of rotatable bonds is 10. The van der Waals surface area contributed by atoms with E-state index < -0.39 is 29.3 Å². The molecule has 1 saturated heterocycles. The van der Waals surface area contributed by atoms with Gasteiger partial charge in [-0.05, 0) is 46.9 Å². The van der Waals surface area contributed by atoms with Crippen molar-refractivity contribution in [3.63, 3.8) is 0 Å². The molecule has 1 fully saturated rings. The molecule has 6 heteroatoms. The molecule has 0 bridgehead atoms. The SMILES string of the molecule is CC[C@@]1(Sc2cc(C)cc3ccccc23)O[C@H](COCc2ccccc2)[C@@H](OCc2ccccc2)[C@H](O)[C@H]1O. The molecule has 5 atom stereocenters. The standard InChI is InChI=1S/C33H36O5S/c1-3-33(39-29-19-23(2)18-26-16-10-11-17-27(26)29)32(35)30(34)31(37-21-25-14-8-5-9-15-25)28(38-33)22-36-20-24-12-6-4-7-13-24/h4-19,28,30-32,34-35H,3,20-22H2,1-2H3/t28-,30+,31-,32-,33+/m1/s1. The molecular formula is C33H36O5S. The molecule has 1 aliphatic heterocycles. The Bertz CT molecular complexity index is 1350. The number of thioether (sulfide) groups is 1. The lowest BCUT2D eigenvalue weighted by molar-refractivity contribution is -0.259. The number of benzene rings is 4. The van der Waals surface area contributed by atoms with Crippen LogP contribution in [0.5, 0.6) is 0 Å². The van der Waals surface area contributed by atoms with E-state index >= 15 is 0 Å². The minimum Gasteiger partial charge on any atom is -0.387 e. The predicted molar refractivity (Wildman–Crippen MR) is 156 cm³/mol. The highest BCUT2D eigenvalue weighted by molar-refractivity contribution is 8.00. The molecule has 0 aromatic heterocycles. The molecule has 0 saturated carbocycles. The van der Waals surface area contributed by atoms with E-state index in [0.29, 0.717) is 19.6 Å². The van der Waals surface area contributed by atoms with E-state index in [9.17, 15) is 10.2 Å². The number of hydrogen-bond donors (Lipinski definition) is 2. The van der Waals surface area contributed by atoms with Gasteiger partial charge in [0.2, 0.25) is 0 Å². The average molecular weight is 545 g/mol. The first-order chi connectivity index (χ1) is 19.0. The zero-order valence-electron chi connectivity index (χ0n) is 22.4. The predicted octanol–water partition coefficient (Wildman–Crippen LogP) is 6.27. The van der Waals surface area contributed by atoms with E-state index in [2.05, 4.69) is 31.2 Å². The summed E-state index contributed by atoms with van der Waals surface area (Å²) in [5.41, 5.74) is 3.16. The fraction of sp³-hybridized carbons (Fsp3) is 0.333. The highest BCUT2D eigenvalue weighted by atomic mass is 32.2. The van der Waals surface area contributed by atoms with Crippen molar-refractivity contribution in [3.8, 4) is 0 Å². The lowest BCUT2D eigenvalue weighted by atomic mass is 9.93. The Hall–Kier alpha value is -2.71. The minimum absolute atomic E-state index is 0.217. The maximum atomic E-state index is 11.6. The van der Waals surface area contributed by atoms with Crippen molar-refractivity contribution in [3.05, 3.63) is 114 Å². The summed E-state index contributed by atoms with van der Waals surface area (Å²) >= 11 is 1.47. The van der Waals surface area contributed by atoms with E-state index in [1.807, 2.05) is 79.7 Å². The van der Waals surface area contributed by atoms with E-state index in [4.69, 9.17) is 14.2 Å². The quantitative estimate of drug-likeness (QED) is 0.245. The van der Waals surface area contributed by atoms with Crippen molar-refractivity contribution in [1.29, 1.82) is 0 Å². The van der Waals surface area contributed by atoms with Crippen molar-refractivity contribution in [1.82, 2.24) is 0 Å². The molecule has 1 heterocycles. The summed E-state index contributed by atoms with van der Waals surface area (Å²) in [6, 6.07) is 32.2. The Kier molecular flexibility index (Phi) is 9.03. The topological polar surface area (TPSA) is 68.2 Å². The number of aryl methyl sites for hydroxylation is 1. The van der Waals surface area contributed by atoms with Crippen molar-refractivity contribution in [2.24, 2.45) is 0 Å². The lowest BCUT2D eigenvalue weighted by Crippen LogP contribution is -2.64. The number of hydrogen-bond acceptors (Lipinski definition) is 6. The average Bonchev–Trinajstić information content (AvgIpc) is 2.96. The molecule has 4 aromatic rings. The van der Waals surface area contributed by atoms with E-state index in [-0.39, 0.29) is 6.61 Å². The van der Waals surface area contributed by atoms with Gasteiger partial charge in [-0.2, -0.15) is 0 Å². The molecule has 39 heavy (non-hydrogen) atoms. The second-order valence-corrected chi connectivity index (χ2v) is 11.4. The third-order valence-electron chi connectivity index (χ3n) is 7.25. The maximum absolute atomic E-state index is 11.6. The van der Waals surface area contributed by atoms with Gasteiger partial charge in [0.1, 0.15) is 29.3 Å². The van der Waals surface area contributed by atoms with Crippen molar-refractivity contribution in [2.75, 3.05) is 6.61 Å². The summed E-state index contributed by atoms with van der Waals surface area (Å²) in [7, 11) is 0. The van der Waals surface area contributed by atoms with Crippen LogP contribution in [0, 0.1) is 6.92 Å². The minimum atomic E-state index is -1.17. The second kappa shape index (κ2) is 12.6. The highest BCUT2D eigenvalue weighted by Gasteiger charge is 2.54. The molecule has 0 unspecified atom stereocenters. The number of aliphatic hydroxyl groups is 2. The molecule has 4 aromatic carbocycles. The van der Waals surface area contributed by atoms with Crippen molar-refractivity contribution >= 4 is 22.5 Å². The van der Waals surface area contributed by atoms with Gasteiger partial charge >= 0.3 is 0 Å². The third kappa shape index (κ3) is 6.38. The van der Waals surface area contributed by atoms with Crippen LogP contribution in [0.25, 0.3) is 10.8 Å². The molecule has 5 rings (SSSR count). The lowest BCUT2D eigenvalue weighted by Gasteiger charge is -2.49. The van der Waals surface area contributed by atoms with Gasteiger partial charge in [0, 0.05) is 4.90 Å². The Labute approximate surface area is 234 Å². The fourth-order valence-corrected chi connectivity index (χ4v) is 6.65. The van der Waals surface area contributed by atoms with Gasteiger partial charge in [-0.25, -0.2) is 0 Å². The zero-order chi connectivity index (χ0) is 27.2. The van der Waals surface area contributed by atoms with Gasteiger partial charge in [0.15, 0.2) is 0 Å². The van der Waals surface area contributed by atoms with Crippen LogP contribution in [-0.2, 0) is 27.4 Å². The second-order valence-electron chi connectivity index (χ2n) is 10.1. The first-order valence-electron chi connectivity index (χ1n) is 13.5.